The van der Waals surface area contributed by atoms with E-state index in [-0.39, 0.29) is 0 Å². The van der Waals surface area contributed by atoms with Crippen LogP contribution in [0.1, 0.15) is 20.8 Å². The molecular formula is C13H19N7S. The van der Waals surface area contributed by atoms with E-state index < -0.39 is 0 Å². The van der Waals surface area contributed by atoms with Crippen LogP contribution in [0.2, 0.25) is 0 Å². The van der Waals surface area contributed by atoms with Gasteiger partial charge in [0.2, 0.25) is 17.1 Å². The van der Waals surface area contributed by atoms with E-state index in [1.807, 2.05) is 6.92 Å². The monoisotopic (exact) mass is 305 g/mol. The topological polar surface area (TPSA) is 79.7 Å². The lowest BCUT2D eigenvalue weighted by Crippen LogP contribution is -2.25. The molecule has 0 aromatic carbocycles. The molecule has 0 unspecified atom stereocenters. The summed E-state index contributed by atoms with van der Waals surface area (Å²) in [6.45, 7) is 8.61. The van der Waals surface area contributed by atoms with Gasteiger partial charge in [0.25, 0.3) is 0 Å². The summed E-state index contributed by atoms with van der Waals surface area (Å²) < 4.78 is 0. The van der Waals surface area contributed by atoms with Crippen LogP contribution in [0, 0.1) is 0 Å². The Bertz CT molecular complexity index is 560. The van der Waals surface area contributed by atoms with Crippen LogP contribution in [0.5, 0.6) is 0 Å². The van der Waals surface area contributed by atoms with Crippen LogP contribution in [0.3, 0.4) is 0 Å². The second kappa shape index (κ2) is 7.72. The average molecular weight is 305 g/mol. The zero-order valence-corrected chi connectivity index (χ0v) is 13.3. The van der Waals surface area contributed by atoms with Crippen molar-refractivity contribution in [1.82, 2.24) is 24.9 Å². The van der Waals surface area contributed by atoms with E-state index in [4.69, 9.17) is 0 Å². The molecule has 2 aromatic heterocycles. The van der Waals surface area contributed by atoms with Gasteiger partial charge >= 0.3 is 0 Å². The lowest BCUT2D eigenvalue weighted by molar-refractivity contribution is 0.781. The van der Waals surface area contributed by atoms with E-state index >= 15 is 0 Å². The highest BCUT2D eigenvalue weighted by atomic mass is 32.2. The van der Waals surface area contributed by atoms with Gasteiger partial charge in [-0.05, 0) is 38.6 Å². The van der Waals surface area contributed by atoms with Gasteiger partial charge in [0.15, 0.2) is 5.16 Å². The Kier molecular flexibility index (Phi) is 5.68. The fraction of sp³-hybridized carbons (Fsp3) is 0.462. The van der Waals surface area contributed by atoms with Crippen LogP contribution < -0.4 is 10.2 Å². The van der Waals surface area contributed by atoms with Crippen molar-refractivity contribution in [3.63, 3.8) is 0 Å². The van der Waals surface area contributed by atoms with Crippen molar-refractivity contribution in [2.45, 2.75) is 31.1 Å². The zero-order valence-electron chi connectivity index (χ0n) is 12.4. The SMILES string of the molecule is CCNc1nc(Sc2ncccn2)nc(N(CC)CC)n1. The molecular weight excluding hydrogens is 286 g/mol. The van der Waals surface area contributed by atoms with Crippen molar-refractivity contribution >= 4 is 23.7 Å². The van der Waals surface area contributed by atoms with E-state index in [0.717, 1.165) is 19.6 Å². The molecule has 0 spiro atoms. The molecule has 0 bridgehead atoms. The first-order chi connectivity index (χ1) is 10.3. The highest BCUT2D eigenvalue weighted by Crippen LogP contribution is 2.23. The summed E-state index contributed by atoms with van der Waals surface area (Å²) in [5.41, 5.74) is 0. The lowest BCUT2D eigenvalue weighted by atomic mass is 10.5. The van der Waals surface area contributed by atoms with Crippen LogP contribution in [-0.2, 0) is 0 Å². The molecule has 0 saturated heterocycles. The zero-order chi connectivity index (χ0) is 15.1. The maximum atomic E-state index is 4.50. The molecule has 0 aliphatic rings. The molecule has 0 aliphatic heterocycles. The summed E-state index contributed by atoms with van der Waals surface area (Å²) in [7, 11) is 0. The summed E-state index contributed by atoms with van der Waals surface area (Å²) in [5.74, 6) is 1.25. The minimum absolute atomic E-state index is 0.577. The Hall–Kier alpha value is -1.96. The first-order valence-corrected chi connectivity index (χ1v) is 7.78. The maximum Gasteiger partial charge on any atom is 0.231 e. The average Bonchev–Trinajstić information content (AvgIpc) is 2.50. The van der Waals surface area contributed by atoms with Crippen molar-refractivity contribution in [3.8, 4) is 0 Å². The van der Waals surface area contributed by atoms with Gasteiger partial charge in [0, 0.05) is 32.0 Å². The molecule has 112 valence electrons. The van der Waals surface area contributed by atoms with Gasteiger partial charge in [-0.3, -0.25) is 0 Å². The predicted molar refractivity (Wildman–Crippen MR) is 83.7 cm³/mol. The number of rotatable bonds is 7. The molecule has 2 aromatic rings. The fourth-order valence-electron chi connectivity index (χ4n) is 1.70. The minimum atomic E-state index is 0.577. The van der Waals surface area contributed by atoms with Crippen molar-refractivity contribution in [2.24, 2.45) is 0 Å². The maximum absolute atomic E-state index is 4.50. The number of nitrogens with one attached hydrogen (secondary N) is 1. The summed E-state index contributed by atoms with van der Waals surface area (Å²) in [6, 6.07) is 1.78. The summed E-state index contributed by atoms with van der Waals surface area (Å²) in [6.07, 6.45) is 3.40. The third kappa shape index (κ3) is 4.25. The minimum Gasteiger partial charge on any atom is -0.354 e. The highest BCUT2D eigenvalue weighted by Gasteiger charge is 2.12. The highest BCUT2D eigenvalue weighted by molar-refractivity contribution is 7.99. The Labute approximate surface area is 128 Å². The van der Waals surface area contributed by atoms with Crippen LogP contribution >= 0.6 is 11.8 Å². The number of anilines is 2. The number of hydrogen-bond donors (Lipinski definition) is 1. The van der Waals surface area contributed by atoms with E-state index in [1.54, 1.807) is 18.5 Å². The first kappa shape index (κ1) is 15.4. The molecule has 0 radical (unpaired) electrons. The predicted octanol–water partition coefficient (Wildman–Crippen LogP) is 2.09. The Balaban J connectivity index is 2.30. The van der Waals surface area contributed by atoms with E-state index in [1.165, 1.54) is 11.8 Å². The van der Waals surface area contributed by atoms with Gasteiger partial charge in [0.1, 0.15) is 0 Å². The molecule has 7 nitrogen and oxygen atoms in total. The molecule has 2 heterocycles. The van der Waals surface area contributed by atoms with Gasteiger partial charge in [-0.25, -0.2) is 9.97 Å². The Morgan fingerprint density at radius 3 is 2.33 bits per heavy atom. The second-order valence-electron chi connectivity index (χ2n) is 4.08. The Morgan fingerprint density at radius 1 is 1.00 bits per heavy atom. The van der Waals surface area contributed by atoms with Crippen molar-refractivity contribution < 1.29 is 0 Å². The molecule has 1 N–H and O–H groups in total. The van der Waals surface area contributed by atoms with Crippen LogP contribution in [-0.4, -0.2) is 44.6 Å². The lowest BCUT2D eigenvalue weighted by Gasteiger charge is -2.19. The molecule has 0 saturated carbocycles. The second-order valence-corrected chi connectivity index (χ2v) is 5.01. The molecule has 21 heavy (non-hydrogen) atoms. The third-order valence-electron chi connectivity index (χ3n) is 2.71. The quantitative estimate of drug-likeness (QED) is 0.779. The van der Waals surface area contributed by atoms with Gasteiger partial charge in [-0.15, -0.1) is 0 Å². The van der Waals surface area contributed by atoms with Crippen molar-refractivity contribution in [3.05, 3.63) is 18.5 Å². The van der Waals surface area contributed by atoms with Crippen LogP contribution in [0.4, 0.5) is 11.9 Å². The van der Waals surface area contributed by atoms with Gasteiger partial charge in [-0.1, -0.05) is 0 Å². The third-order valence-corrected chi connectivity index (χ3v) is 3.47. The summed E-state index contributed by atoms with van der Waals surface area (Å²) in [5, 5.41) is 4.35. The molecule has 0 amide bonds. The van der Waals surface area contributed by atoms with Gasteiger partial charge < -0.3 is 10.2 Å². The van der Waals surface area contributed by atoms with Crippen molar-refractivity contribution in [2.75, 3.05) is 29.9 Å². The fourth-order valence-corrected chi connectivity index (χ4v) is 2.35. The molecule has 0 aliphatic carbocycles. The summed E-state index contributed by atoms with van der Waals surface area (Å²) in [4.78, 5) is 23.8. The summed E-state index contributed by atoms with van der Waals surface area (Å²) >= 11 is 1.33. The first-order valence-electron chi connectivity index (χ1n) is 6.96. The van der Waals surface area contributed by atoms with E-state index in [9.17, 15) is 0 Å². The van der Waals surface area contributed by atoms with E-state index in [2.05, 4.69) is 49.0 Å². The molecule has 8 heteroatoms. The number of hydrogen-bond acceptors (Lipinski definition) is 8. The number of aromatic nitrogens is 5. The largest absolute Gasteiger partial charge is 0.354 e. The Morgan fingerprint density at radius 2 is 1.71 bits per heavy atom. The standard InChI is InChI=1S/C13H19N7S/c1-4-14-10-17-11(20(5-2)6-3)19-13(18-10)21-12-15-8-7-9-16-12/h7-9H,4-6H2,1-3H3,(H,14,17,18,19). The molecule has 0 atom stereocenters. The van der Waals surface area contributed by atoms with Gasteiger partial charge in [0.05, 0.1) is 0 Å². The van der Waals surface area contributed by atoms with E-state index in [0.29, 0.717) is 22.2 Å². The number of nitrogens with zero attached hydrogens (tertiary/aromatic N) is 6. The normalized spacial score (nSPS) is 10.4. The molecule has 0 fully saturated rings. The van der Waals surface area contributed by atoms with Gasteiger partial charge in [-0.2, -0.15) is 15.0 Å². The van der Waals surface area contributed by atoms with Crippen LogP contribution in [0.25, 0.3) is 0 Å². The van der Waals surface area contributed by atoms with Crippen LogP contribution in [0.15, 0.2) is 28.8 Å². The molecule has 2 rings (SSSR count). The smallest absolute Gasteiger partial charge is 0.231 e. The van der Waals surface area contributed by atoms with Crippen molar-refractivity contribution in [1.29, 1.82) is 0 Å².